The number of amides is 1. The van der Waals surface area contributed by atoms with Crippen molar-refractivity contribution >= 4 is 34.9 Å². The number of aryl methyl sites for hydroxylation is 1. The topological polar surface area (TPSA) is 111 Å². The number of nitrogen functional groups attached to an aromatic ring is 1. The number of anilines is 1. The summed E-state index contributed by atoms with van der Waals surface area (Å²) in [5.74, 6) is -0.355. The van der Waals surface area contributed by atoms with Crippen molar-refractivity contribution in [2.45, 2.75) is 25.2 Å². The van der Waals surface area contributed by atoms with Crippen molar-refractivity contribution in [3.63, 3.8) is 0 Å². The van der Waals surface area contributed by atoms with E-state index in [2.05, 4.69) is 5.10 Å². The van der Waals surface area contributed by atoms with Crippen molar-refractivity contribution in [3.05, 3.63) is 39.0 Å². The summed E-state index contributed by atoms with van der Waals surface area (Å²) in [5, 5.41) is 14.3. The molecule has 1 aromatic carbocycles. The summed E-state index contributed by atoms with van der Waals surface area (Å²) in [6, 6.07) is 5.41. The van der Waals surface area contributed by atoms with Gasteiger partial charge in [-0.1, -0.05) is 23.2 Å². The predicted molar refractivity (Wildman–Crippen MR) is 87.6 cm³/mol. The van der Waals surface area contributed by atoms with Crippen molar-refractivity contribution in [2.24, 2.45) is 5.73 Å². The average molecular weight is 350 g/mol. The largest absolute Gasteiger partial charge is 0.383 e. The van der Waals surface area contributed by atoms with Gasteiger partial charge in [0.05, 0.1) is 15.5 Å². The zero-order valence-electron chi connectivity index (χ0n) is 12.2. The van der Waals surface area contributed by atoms with E-state index < -0.39 is 11.3 Å². The summed E-state index contributed by atoms with van der Waals surface area (Å²) in [5.41, 5.74) is 12.4. The maximum Gasteiger partial charge on any atom is 0.228 e. The molecule has 0 saturated heterocycles. The van der Waals surface area contributed by atoms with Crippen LogP contribution in [0.3, 0.4) is 0 Å². The molecule has 0 aliphatic heterocycles. The molecular weight excluding hydrogens is 337 g/mol. The zero-order valence-corrected chi connectivity index (χ0v) is 13.7. The number of carbonyl (C=O) groups excluding carboxylic acids is 1. The molecule has 1 aliphatic carbocycles. The number of carbonyl (C=O) groups is 1. The minimum atomic E-state index is -0.920. The van der Waals surface area contributed by atoms with E-state index in [1.165, 1.54) is 4.68 Å². The van der Waals surface area contributed by atoms with Crippen molar-refractivity contribution in [1.29, 1.82) is 5.26 Å². The Balaban J connectivity index is 2.27. The first-order valence-corrected chi connectivity index (χ1v) is 7.62. The molecule has 1 heterocycles. The predicted octanol–water partition coefficient (Wildman–Crippen LogP) is 2.46. The molecule has 1 saturated carbocycles. The van der Waals surface area contributed by atoms with E-state index in [1.54, 1.807) is 12.1 Å². The Morgan fingerprint density at radius 2 is 1.96 bits per heavy atom. The Morgan fingerprint density at radius 1 is 1.39 bits per heavy atom. The molecule has 0 atom stereocenters. The molecule has 3 rings (SSSR count). The second-order valence-electron chi connectivity index (χ2n) is 5.66. The highest BCUT2D eigenvalue weighted by atomic mass is 35.5. The fraction of sp³-hybridized carbons (Fsp3) is 0.267. The molecule has 6 nitrogen and oxygen atoms in total. The third kappa shape index (κ3) is 2.24. The van der Waals surface area contributed by atoms with Crippen molar-refractivity contribution in [3.8, 4) is 11.8 Å². The van der Waals surface area contributed by atoms with Gasteiger partial charge in [0.1, 0.15) is 17.6 Å². The lowest BCUT2D eigenvalue weighted by Gasteiger charge is -2.13. The summed E-state index contributed by atoms with van der Waals surface area (Å²) in [7, 11) is 0. The van der Waals surface area contributed by atoms with E-state index in [0.29, 0.717) is 34.1 Å². The minimum Gasteiger partial charge on any atom is -0.383 e. The van der Waals surface area contributed by atoms with E-state index in [-0.39, 0.29) is 11.5 Å². The molecule has 4 N–H and O–H groups in total. The fourth-order valence-electron chi connectivity index (χ4n) is 2.79. The van der Waals surface area contributed by atoms with Crippen LogP contribution in [0.1, 0.15) is 29.7 Å². The Kier molecular flexibility index (Phi) is 3.51. The molecule has 0 unspecified atom stereocenters. The van der Waals surface area contributed by atoms with Gasteiger partial charge in [0, 0.05) is 5.56 Å². The lowest BCUT2D eigenvalue weighted by Crippen LogP contribution is -2.29. The summed E-state index contributed by atoms with van der Waals surface area (Å²) in [6.45, 7) is 1.85. The SMILES string of the molecule is Cc1cc(Cl)c(-n2nc(C#N)c(C3(C(N)=O)CC3)c2N)c(Cl)c1. The van der Waals surface area contributed by atoms with Gasteiger partial charge in [-0.25, -0.2) is 4.68 Å². The Morgan fingerprint density at radius 3 is 2.39 bits per heavy atom. The summed E-state index contributed by atoms with van der Waals surface area (Å²) < 4.78 is 1.31. The van der Waals surface area contributed by atoms with E-state index >= 15 is 0 Å². The second kappa shape index (κ2) is 5.15. The number of benzene rings is 1. The summed E-state index contributed by atoms with van der Waals surface area (Å²) >= 11 is 12.5. The molecule has 118 valence electrons. The zero-order chi connectivity index (χ0) is 16.9. The van der Waals surface area contributed by atoms with Crippen LogP contribution in [-0.4, -0.2) is 15.7 Å². The number of halogens is 2. The van der Waals surface area contributed by atoms with Crippen LogP contribution in [0.2, 0.25) is 10.0 Å². The molecule has 2 aromatic rings. The Labute approximate surface area is 142 Å². The number of hydrogen-bond donors (Lipinski definition) is 2. The maximum atomic E-state index is 11.8. The molecule has 1 aromatic heterocycles. The first kappa shape index (κ1) is 15.7. The monoisotopic (exact) mass is 349 g/mol. The number of primary amides is 1. The minimum absolute atomic E-state index is 0.0616. The fourth-order valence-corrected chi connectivity index (χ4v) is 3.55. The molecular formula is C15H13Cl2N5O. The molecule has 0 radical (unpaired) electrons. The van der Waals surface area contributed by atoms with E-state index in [0.717, 1.165) is 5.56 Å². The Bertz CT molecular complexity index is 854. The van der Waals surface area contributed by atoms with Crippen LogP contribution < -0.4 is 11.5 Å². The van der Waals surface area contributed by atoms with Crippen LogP contribution in [0, 0.1) is 18.3 Å². The number of nitriles is 1. The number of aromatic nitrogens is 2. The second-order valence-corrected chi connectivity index (χ2v) is 6.47. The average Bonchev–Trinajstić information content (AvgIpc) is 3.19. The van der Waals surface area contributed by atoms with E-state index in [1.807, 2.05) is 13.0 Å². The van der Waals surface area contributed by atoms with Gasteiger partial charge in [-0.3, -0.25) is 4.79 Å². The summed E-state index contributed by atoms with van der Waals surface area (Å²) in [6.07, 6.45) is 1.09. The molecule has 0 spiro atoms. The van der Waals surface area contributed by atoms with Gasteiger partial charge in [-0.2, -0.15) is 10.4 Å². The van der Waals surface area contributed by atoms with Gasteiger partial charge in [0.15, 0.2) is 5.69 Å². The van der Waals surface area contributed by atoms with Crippen LogP contribution in [0.4, 0.5) is 5.82 Å². The summed E-state index contributed by atoms with van der Waals surface area (Å²) in [4.78, 5) is 11.8. The number of nitrogens with zero attached hydrogens (tertiary/aromatic N) is 3. The van der Waals surface area contributed by atoms with Gasteiger partial charge in [-0.15, -0.1) is 0 Å². The molecule has 1 amide bonds. The quantitative estimate of drug-likeness (QED) is 0.886. The van der Waals surface area contributed by atoms with E-state index in [4.69, 9.17) is 34.7 Å². The van der Waals surface area contributed by atoms with Crippen LogP contribution >= 0.6 is 23.2 Å². The number of nitrogens with two attached hydrogens (primary N) is 2. The van der Waals surface area contributed by atoms with Crippen molar-refractivity contribution in [2.75, 3.05) is 5.73 Å². The van der Waals surface area contributed by atoms with Gasteiger partial charge in [0.25, 0.3) is 0 Å². The molecule has 1 aliphatic rings. The van der Waals surface area contributed by atoms with Gasteiger partial charge < -0.3 is 11.5 Å². The van der Waals surface area contributed by atoms with Gasteiger partial charge in [0.2, 0.25) is 5.91 Å². The van der Waals surface area contributed by atoms with E-state index in [9.17, 15) is 10.1 Å². The van der Waals surface area contributed by atoms with Gasteiger partial charge in [-0.05, 0) is 37.5 Å². The highest BCUT2D eigenvalue weighted by molar-refractivity contribution is 6.37. The maximum absolute atomic E-state index is 11.8. The van der Waals surface area contributed by atoms with Crippen LogP contribution in [0.5, 0.6) is 0 Å². The third-order valence-corrected chi connectivity index (χ3v) is 4.68. The molecule has 8 heteroatoms. The smallest absolute Gasteiger partial charge is 0.228 e. The third-order valence-electron chi connectivity index (χ3n) is 4.10. The Hall–Kier alpha value is -2.23. The number of hydrogen-bond acceptors (Lipinski definition) is 4. The molecule has 0 bridgehead atoms. The lowest BCUT2D eigenvalue weighted by atomic mass is 9.95. The van der Waals surface area contributed by atoms with Gasteiger partial charge >= 0.3 is 0 Å². The lowest BCUT2D eigenvalue weighted by molar-refractivity contribution is -0.120. The normalized spacial score (nSPS) is 15.2. The molecule has 23 heavy (non-hydrogen) atoms. The highest BCUT2D eigenvalue weighted by Crippen LogP contribution is 2.51. The van der Waals surface area contributed by atoms with Crippen LogP contribution in [-0.2, 0) is 10.2 Å². The standard InChI is InChI=1S/C15H13Cl2N5O/c1-7-4-8(16)12(9(17)5-7)22-13(19)11(10(6-18)21-22)15(2-3-15)14(20)23/h4-5H,2-3,19H2,1H3,(H2,20,23). The first-order chi connectivity index (χ1) is 10.8. The highest BCUT2D eigenvalue weighted by Gasteiger charge is 2.54. The van der Waals surface area contributed by atoms with Crippen LogP contribution in [0.15, 0.2) is 12.1 Å². The van der Waals surface area contributed by atoms with Crippen molar-refractivity contribution in [1.82, 2.24) is 9.78 Å². The molecule has 1 fully saturated rings. The van der Waals surface area contributed by atoms with Crippen molar-refractivity contribution < 1.29 is 4.79 Å². The number of rotatable bonds is 3. The van der Waals surface area contributed by atoms with Crippen LogP contribution in [0.25, 0.3) is 5.69 Å². The first-order valence-electron chi connectivity index (χ1n) is 6.87.